The topological polar surface area (TPSA) is 87.3 Å². The van der Waals surface area contributed by atoms with E-state index in [0.29, 0.717) is 17.7 Å². The van der Waals surface area contributed by atoms with Crippen molar-refractivity contribution in [2.24, 2.45) is 0 Å². The van der Waals surface area contributed by atoms with Gasteiger partial charge in [0.25, 0.3) is 5.91 Å². The van der Waals surface area contributed by atoms with E-state index in [9.17, 15) is 13.2 Å². The minimum atomic E-state index is -3.61. The number of benzene rings is 1. The average molecular weight is 353 g/mol. The molecular formula is C17H27N3O3S. The van der Waals surface area contributed by atoms with Crippen molar-refractivity contribution in [3.05, 3.63) is 29.3 Å². The number of carbonyl (C=O) groups is 1. The molecule has 1 unspecified atom stereocenters. The molecule has 0 radical (unpaired) electrons. The predicted octanol–water partition coefficient (Wildman–Crippen LogP) is 1.55. The third-order valence-electron chi connectivity index (χ3n) is 4.48. The molecule has 134 valence electrons. The first-order valence-electron chi connectivity index (χ1n) is 8.42. The third kappa shape index (κ3) is 4.78. The molecule has 1 aromatic carbocycles. The number of hydrogen-bond acceptors (Lipinski definition) is 4. The summed E-state index contributed by atoms with van der Waals surface area (Å²) in [6.45, 7) is 4.18. The highest BCUT2D eigenvalue weighted by Crippen LogP contribution is 2.22. The number of carbonyl (C=O) groups excluding carboxylic acids is 1. The van der Waals surface area contributed by atoms with Crippen molar-refractivity contribution >= 4 is 15.9 Å². The number of rotatable bonds is 7. The van der Waals surface area contributed by atoms with Crippen molar-refractivity contribution in [3.8, 4) is 0 Å². The van der Waals surface area contributed by atoms with E-state index in [4.69, 9.17) is 0 Å². The lowest BCUT2D eigenvalue weighted by Crippen LogP contribution is -2.37. The van der Waals surface area contributed by atoms with Crippen molar-refractivity contribution < 1.29 is 13.2 Å². The van der Waals surface area contributed by atoms with E-state index in [-0.39, 0.29) is 22.9 Å². The van der Waals surface area contributed by atoms with Crippen molar-refractivity contribution in [2.75, 3.05) is 13.6 Å². The van der Waals surface area contributed by atoms with Crippen LogP contribution in [0.5, 0.6) is 0 Å². The molecule has 0 heterocycles. The summed E-state index contributed by atoms with van der Waals surface area (Å²) in [5, 5.41) is 5.84. The lowest BCUT2D eigenvalue weighted by Gasteiger charge is -2.15. The van der Waals surface area contributed by atoms with Crippen LogP contribution < -0.4 is 15.4 Å². The molecule has 3 N–H and O–H groups in total. The molecule has 1 atom stereocenters. The molecular weight excluding hydrogens is 326 g/mol. The maximum Gasteiger partial charge on any atom is 0.251 e. The fourth-order valence-corrected chi connectivity index (χ4v) is 4.38. The summed E-state index contributed by atoms with van der Waals surface area (Å²) in [7, 11) is -1.79. The summed E-state index contributed by atoms with van der Waals surface area (Å²) in [4.78, 5) is 12.4. The monoisotopic (exact) mass is 353 g/mol. The molecule has 1 aliphatic rings. The lowest BCUT2D eigenvalue weighted by molar-refractivity contribution is 0.0950. The van der Waals surface area contributed by atoms with Gasteiger partial charge < -0.3 is 10.6 Å². The standard InChI is InChI=1S/C17H27N3O3S/c1-12-8-9-14(17(21)19-11-13(2)18-3)10-16(12)24(22,23)20-15-6-4-5-7-15/h8-10,13,15,18,20H,4-7,11H2,1-3H3,(H,19,21). The Bertz CT molecular complexity index is 682. The van der Waals surface area contributed by atoms with Crippen LogP contribution in [0.15, 0.2) is 23.1 Å². The zero-order valence-electron chi connectivity index (χ0n) is 14.6. The second kappa shape index (κ2) is 8.09. The Balaban J connectivity index is 2.16. The Hall–Kier alpha value is -1.44. The molecule has 1 aliphatic carbocycles. The van der Waals surface area contributed by atoms with E-state index >= 15 is 0 Å². The molecule has 1 saturated carbocycles. The Morgan fingerprint density at radius 3 is 2.58 bits per heavy atom. The van der Waals surface area contributed by atoms with Gasteiger partial charge in [0, 0.05) is 24.2 Å². The van der Waals surface area contributed by atoms with Crippen LogP contribution in [0.4, 0.5) is 0 Å². The molecule has 6 nitrogen and oxygen atoms in total. The van der Waals surface area contributed by atoms with Crippen molar-refractivity contribution in [3.63, 3.8) is 0 Å². The number of sulfonamides is 1. The number of likely N-dealkylation sites (N-methyl/N-ethyl adjacent to an activating group) is 1. The summed E-state index contributed by atoms with van der Waals surface area (Å²) in [5.74, 6) is -0.269. The van der Waals surface area contributed by atoms with Crippen LogP contribution in [0.25, 0.3) is 0 Å². The van der Waals surface area contributed by atoms with Gasteiger partial charge in [-0.15, -0.1) is 0 Å². The molecule has 1 amide bonds. The summed E-state index contributed by atoms with van der Waals surface area (Å²) < 4.78 is 28.1. The highest BCUT2D eigenvalue weighted by molar-refractivity contribution is 7.89. The van der Waals surface area contributed by atoms with Gasteiger partial charge in [0.15, 0.2) is 0 Å². The quantitative estimate of drug-likeness (QED) is 0.694. The lowest BCUT2D eigenvalue weighted by atomic mass is 10.1. The number of aryl methyl sites for hydroxylation is 1. The molecule has 0 saturated heterocycles. The van der Waals surface area contributed by atoms with E-state index in [1.165, 1.54) is 6.07 Å². The molecule has 24 heavy (non-hydrogen) atoms. The van der Waals surface area contributed by atoms with Gasteiger partial charge in [0.05, 0.1) is 4.90 Å². The Morgan fingerprint density at radius 2 is 1.96 bits per heavy atom. The molecule has 1 fully saturated rings. The second-order valence-electron chi connectivity index (χ2n) is 6.48. The minimum absolute atomic E-state index is 0.00311. The van der Waals surface area contributed by atoms with Crippen LogP contribution >= 0.6 is 0 Å². The summed E-state index contributed by atoms with van der Waals surface area (Å²) in [5.41, 5.74) is 0.997. The Labute approximate surface area is 144 Å². The molecule has 7 heteroatoms. The van der Waals surface area contributed by atoms with E-state index in [1.54, 1.807) is 19.1 Å². The molecule has 2 rings (SSSR count). The van der Waals surface area contributed by atoms with Crippen molar-refractivity contribution in [1.29, 1.82) is 0 Å². The van der Waals surface area contributed by atoms with Crippen molar-refractivity contribution in [1.82, 2.24) is 15.4 Å². The zero-order chi connectivity index (χ0) is 17.7. The SMILES string of the molecule is CNC(C)CNC(=O)c1ccc(C)c(S(=O)(=O)NC2CCCC2)c1. The van der Waals surface area contributed by atoms with Gasteiger partial charge in [-0.05, 0) is 51.4 Å². The first-order valence-corrected chi connectivity index (χ1v) is 9.90. The highest BCUT2D eigenvalue weighted by atomic mass is 32.2. The maximum absolute atomic E-state index is 12.6. The van der Waals surface area contributed by atoms with Crippen LogP contribution in [0.3, 0.4) is 0 Å². The molecule has 0 spiro atoms. The molecule has 0 aliphatic heterocycles. The van der Waals surface area contributed by atoms with Crippen LogP contribution in [0.1, 0.15) is 48.5 Å². The minimum Gasteiger partial charge on any atom is -0.350 e. The third-order valence-corrected chi connectivity index (χ3v) is 6.14. The van der Waals surface area contributed by atoms with E-state index in [2.05, 4.69) is 15.4 Å². The van der Waals surface area contributed by atoms with Gasteiger partial charge in [-0.25, -0.2) is 13.1 Å². The number of nitrogens with one attached hydrogen (secondary N) is 3. The number of amides is 1. The van der Waals surface area contributed by atoms with E-state index in [0.717, 1.165) is 25.7 Å². The first kappa shape index (κ1) is 18.9. The van der Waals surface area contributed by atoms with Crippen LogP contribution in [-0.4, -0.2) is 40.0 Å². The smallest absolute Gasteiger partial charge is 0.251 e. The van der Waals surface area contributed by atoms with Crippen LogP contribution in [-0.2, 0) is 10.0 Å². The number of hydrogen-bond donors (Lipinski definition) is 3. The van der Waals surface area contributed by atoms with Gasteiger partial charge in [-0.2, -0.15) is 0 Å². The summed E-state index contributed by atoms with van der Waals surface area (Å²) >= 11 is 0. The summed E-state index contributed by atoms with van der Waals surface area (Å²) in [6.07, 6.45) is 3.86. The van der Waals surface area contributed by atoms with E-state index in [1.807, 2.05) is 14.0 Å². The van der Waals surface area contributed by atoms with Gasteiger partial charge in [-0.1, -0.05) is 18.9 Å². The van der Waals surface area contributed by atoms with Crippen LogP contribution in [0, 0.1) is 6.92 Å². The van der Waals surface area contributed by atoms with Gasteiger partial charge in [0.1, 0.15) is 0 Å². The fourth-order valence-electron chi connectivity index (χ4n) is 2.81. The van der Waals surface area contributed by atoms with Gasteiger partial charge in [-0.3, -0.25) is 4.79 Å². The van der Waals surface area contributed by atoms with Gasteiger partial charge >= 0.3 is 0 Å². The first-order chi connectivity index (χ1) is 11.3. The summed E-state index contributed by atoms with van der Waals surface area (Å²) in [6, 6.07) is 4.95. The average Bonchev–Trinajstić information content (AvgIpc) is 3.04. The molecule has 1 aromatic rings. The van der Waals surface area contributed by atoms with E-state index < -0.39 is 10.0 Å². The fraction of sp³-hybridized carbons (Fsp3) is 0.588. The molecule has 0 aromatic heterocycles. The zero-order valence-corrected chi connectivity index (χ0v) is 15.4. The normalized spacial score (nSPS) is 17.0. The highest BCUT2D eigenvalue weighted by Gasteiger charge is 2.25. The molecule has 0 bridgehead atoms. The van der Waals surface area contributed by atoms with Crippen molar-refractivity contribution in [2.45, 2.75) is 56.5 Å². The maximum atomic E-state index is 12.6. The predicted molar refractivity (Wildman–Crippen MR) is 94.6 cm³/mol. The largest absolute Gasteiger partial charge is 0.350 e. The second-order valence-corrected chi connectivity index (χ2v) is 8.17. The Morgan fingerprint density at radius 1 is 1.29 bits per heavy atom. The van der Waals surface area contributed by atoms with Gasteiger partial charge in [0.2, 0.25) is 10.0 Å². The van der Waals surface area contributed by atoms with Crippen LogP contribution in [0.2, 0.25) is 0 Å². The Kier molecular flexibility index (Phi) is 6.37.